The molecule has 2 heteroatoms. The van der Waals surface area contributed by atoms with E-state index in [-0.39, 0.29) is 0 Å². The normalized spacial score (nSPS) is 10.4. The fraction of sp³-hybridized carbons (Fsp3) is 0.833. The average molecular weight is 114 g/mol. The number of rotatable bonds is 3. The number of aliphatic imine (C=N–C) groups is 1. The molecule has 0 aromatic rings. The van der Waals surface area contributed by atoms with Crippen LogP contribution < -0.4 is 0 Å². The van der Waals surface area contributed by atoms with Crippen molar-refractivity contribution in [3.63, 3.8) is 0 Å². The van der Waals surface area contributed by atoms with Gasteiger partial charge in [0.1, 0.15) is 0 Å². The predicted octanol–water partition coefficient (Wildman–Crippen LogP) is 0.986. The van der Waals surface area contributed by atoms with Crippen molar-refractivity contribution in [1.29, 1.82) is 0 Å². The van der Waals surface area contributed by atoms with Crippen LogP contribution in [0.3, 0.4) is 0 Å². The Morgan fingerprint density at radius 1 is 1.50 bits per heavy atom. The van der Waals surface area contributed by atoms with Crippen LogP contribution in [-0.4, -0.2) is 31.9 Å². The number of nitrogens with zero attached hydrogens (tertiary/aromatic N) is 2. The first-order valence-electron chi connectivity index (χ1n) is 2.93. The Morgan fingerprint density at radius 2 is 2.12 bits per heavy atom. The minimum Gasteiger partial charge on any atom is -0.369 e. The molecule has 8 heavy (non-hydrogen) atoms. The summed E-state index contributed by atoms with van der Waals surface area (Å²) in [5, 5.41) is 0. The third kappa shape index (κ3) is 5.47. The summed E-state index contributed by atoms with van der Waals surface area (Å²) < 4.78 is 0. The lowest BCUT2D eigenvalue weighted by molar-refractivity contribution is 0.638. The number of hydrogen-bond donors (Lipinski definition) is 0. The van der Waals surface area contributed by atoms with Gasteiger partial charge in [0.15, 0.2) is 0 Å². The zero-order valence-electron chi connectivity index (χ0n) is 5.89. The Hall–Kier alpha value is -0.530. The second kappa shape index (κ2) is 4.62. The third-order valence-electron chi connectivity index (χ3n) is 0.665. The summed E-state index contributed by atoms with van der Waals surface area (Å²) >= 11 is 0. The van der Waals surface area contributed by atoms with Gasteiger partial charge in [-0.25, -0.2) is 0 Å². The van der Waals surface area contributed by atoms with Crippen molar-refractivity contribution < 1.29 is 0 Å². The average Bonchev–Trinajstić information content (AvgIpc) is 1.66. The summed E-state index contributed by atoms with van der Waals surface area (Å²) in [7, 11) is 3.94. The van der Waals surface area contributed by atoms with Gasteiger partial charge < -0.3 is 4.90 Å². The smallest absolute Gasteiger partial charge is 0.0844 e. The van der Waals surface area contributed by atoms with Gasteiger partial charge in [0.25, 0.3) is 0 Å². The SMILES string of the molecule is CCC/N=C\N(C)C. The molecule has 0 radical (unpaired) electrons. The van der Waals surface area contributed by atoms with Crippen molar-refractivity contribution in [2.24, 2.45) is 4.99 Å². The molecule has 0 saturated heterocycles. The summed E-state index contributed by atoms with van der Waals surface area (Å²) in [6.45, 7) is 3.06. The van der Waals surface area contributed by atoms with Gasteiger partial charge in [-0.1, -0.05) is 6.92 Å². The first-order chi connectivity index (χ1) is 3.77. The maximum absolute atomic E-state index is 4.09. The number of hydrogen-bond acceptors (Lipinski definition) is 1. The van der Waals surface area contributed by atoms with E-state index in [0.29, 0.717) is 0 Å². The first-order valence-corrected chi connectivity index (χ1v) is 2.93. The van der Waals surface area contributed by atoms with E-state index in [1.54, 1.807) is 0 Å². The molecule has 48 valence electrons. The fourth-order valence-electron chi connectivity index (χ4n) is 0.350. The molecule has 0 heterocycles. The summed E-state index contributed by atoms with van der Waals surface area (Å²) in [5.74, 6) is 0. The lowest BCUT2D eigenvalue weighted by Gasteiger charge is -2.00. The van der Waals surface area contributed by atoms with Gasteiger partial charge in [-0.15, -0.1) is 0 Å². The molecule has 0 spiro atoms. The highest BCUT2D eigenvalue weighted by molar-refractivity contribution is 5.53. The van der Waals surface area contributed by atoms with E-state index in [1.807, 2.05) is 25.3 Å². The Bertz CT molecular complexity index is 66.9. The molecule has 0 aliphatic heterocycles. The highest BCUT2D eigenvalue weighted by Gasteiger charge is 1.74. The van der Waals surface area contributed by atoms with Crippen LogP contribution in [0.1, 0.15) is 13.3 Å². The summed E-state index contributed by atoms with van der Waals surface area (Å²) in [6.07, 6.45) is 2.97. The van der Waals surface area contributed by atoms with E-state index in [1.165, 1.54) is 0 Å². The van der Waals surface area contributed by atoms with Crippen molar-refractivity contribution in [3.05, 3.63) is 0 Å². The zero-order valence-corrected chi connectivity index (χ0v) is 5.89. The minimum absolute atomic E-state index is 0.943. The van der Waals surface area contributed by atoms with Gasteiger partial charge in [-0.05, 0) is 6.42 Å². The topological polar surface area (TPSA) is 15.6 Å². The van der Waals surface area contributed by atoms with E-state index in [9.17, 15) is 0 Å². The molecular weight excluding hydrogens is 100 g/mol. The monoisotopic (exact) mass is 114 g/mol. The molecule has 0 rings (SSSR count). The molecule has 0 aromatic heterocycles. The maximum atomic E-state index is 4.09. The highest BCUT2D eigenvalue weighted by Crippen LogP contribution is 1.75. The molecule has 0 N–H and O–H groups in total. The lowest BCUT2D eigenvalue weighted by Crippen LogP contribution is -2.07. The highest BCUT2D eigenvalue weighted by atomic mass is 15.1. The third-order valence-corrected chi connectivity index (χ3v) is 0.665. The molecule has 0 aliphatic rings. The van der Waals surface area contributed by atoms with Gasteiger partial charge in [0.2, 0.25) is 0 Å². The Labute approximate surface area is 51.2 Å². The predicted molar refractivity (Wildman–Crippen MR) is 37.3 cm³/mol. The first kappa shape index (κ1) is 7.47. The molecular formula is C6H14N2. The van der Waals surface area contributed by atoms with E-state index in [0.717, 1.165) is 13.0 Å². The Kier molecular flexibility index (Phi) is 4.32. The van der Waals surface area contributed by atoms with Crippen molar-refractivity contribution in [2.45, 2.75) is 13.3 Å². The van der Waals surface area contributed by atoms with Gasteiger partial charge in [-0.2, -0.15) is 0 Å². The van der Waals surface area contributed by atoms with Crippen LogP contribution in [0.25, 0.3) is 0 Å². The van der Waals surface area contributed by atoms with E-state index in [2.05, 4.69) is 11.9 Å². The van der Waals surface area contributed by atoms with Crippen LogP contribution >= 0.6 is 0 Å². The van der Waals surface area contributed by atoms with E-state index >= 15 is 0 Å². The molecule has 0 bridgehead atoms. The summed E-state index contributed by atoms with van der Waals surface area (Å²) in [4.78, 5) is 6.03. The second-order valence-electron chi connectivity index (χ2n) is 1.99. The van der Waals surface area contributed by atoms with Crippen molar-refractivity contribution >= 4 is 6.34 Å². The van der Waals surface area contributed by atoms with Crippen LogP contribution in [0.4, 0.5) is 0 Å². The Morgan fingerprint density at radius 3 is 2.50 bits per heavy atom. The summed E-state index contributed by atoms with van der Waals surface area (Å²) in [5.41, 5.74) is 0. The van der Waals surface area contributed by atoms with Gasteiger partial charge >= 0.3 is 0 Å². The molecule has 0 aromatic carbocycles. The van der Waals surface area contributed by atoms with Gasteiger partial charge in [0, 0.05) is 20.6 Å². The van der Waals surface area contributed by atoms with Gasteiger partial charge in [0.05, 0.1) is 6.34 Å². The fourth-order valence-corrected chi connectivity index (χ4v) is 0.350. The molecule has 0 unspecified atom stereocenters. The minimum atomic E-state index is 0.943. The van der Waals surface area contributed by atoms with Crippen LogP contribution in [0.15, 0.2) is 4.99 Å². The second-order valence-corrected chi connectivity index (χ2v) is 1.99. The zero-order chi connectivity index (χ0) is 6.41. The quantitative estimate of drug-likeness (QED) is 0.394. The Balaban J connectivity index is 3.07. The molecule has 0 saturated carbocycles. The largest absolute Gasteiger partial charge is 0.369 e. The lowest BCUT2D eigenvalue weighted by atomic mass is 10.5. The van der Waals surface area contributed by atoms with Crippen LogP contribution in [0, 0.1) is 0 Å². The van der Waals surface area contributed by atoms with Gasteiger partial charge in [-0.3, -0.25) is 4.99 Å². The van der Waals surface area contributed by atoms with Crippen molar-refractivity contribution in [2.75, 3.05) is 20.6 Å². The summed E-state index contributed by atoms with van der Waals surface area (Å²) in [6, 6.07) is 0. The van der Waals surface area contributed by atoms with E-state index < -0.39 is 0 Å². The molecule has 0 atom stereocenters. The van der Waals surface area contributed by atoms with E-state index in [4.69, 9.17) is 0 Å². The standard InChI is InChI=1S/C6H14N2/c1-4-5-7-6-8(2)3/h6H,4-5H2,1-3H3/b7-6-. The molecule has 2 nitrogen and oxygen atoms in total. The molecule has 0 amide bonds. The van der Waals surface area contributed by atoms with Crippen LogP contribution in [-0.2, 0) is 0 Å². The van der Waals surface area contributed by atoms with Crippen molar-refractivity contribution in [1.82, 2.24) is 4.90 Å². The van der Waals surface area contributed by atoms with Crippen molar-refractivity contribution in [3.8, 4) is 0 Å². The van der Waals surface area contributed by atoms with Crippen LogP contribution in [0.2, 0.25) is 0 Å². The maximum Gasteiger partial charge on any atom is 0.0844 e. The molecule has 0 fully saturated rings. The van der Waals surface area contributed by atoms with Crippen LogP contribution in [0.5, 0.6) is 0 Å². The molecule has 0 aliphatic carbocycles.